The number of rotatable bonds is 9. The first kappa shape index (κ1) is 25.6. The highest BCUT2D eigenvalue weighted by Gasteiger charge is 2.17. The minimum atomic E-state index is -0.559. The quantitative estimate of drug-likeness (QED) is 0.353. The third kappa shape index (κ3) is 7.77. The Kier molecular flexibility index (Phi) is 10.1. The van der Waals surface area contributed by atoms with Gasteiger partial charge in [0.1, 0.15) is 0 Å². The number of amides is 1. The fourth-order valence-corrected chi connectivity index (χ4v) is 3.00. The summed E-state index contributed by atoms with van der Waals surface area (Å²) in [5.41, 5.74) is 1.60. The lowest BCUT2D eigenvalue weighted by Gasteiger charge is -2.13. The molecule has 1 N–H and O–H groups in total. The van der Waals surface area contributed by atoms with E-state index >= 15 is 0 Å². The molecule has 7 heteroatoms. The van der Waals surface area contributed by atoms with E-state index in [1.165, 1.54) is 0 Å². The Morgan fingerprint density at radius 3 is 1.85 bits per heavy atom. The normalized spacial score (nSPS) is 9.97. The number of halogens is 1. The first-order chi connectivity index (χ1) is 15.6. The number of carbonyl (C=O) groups is 3. The summed E-state index contributed by atoms with van der Waals surface area (Å²) in [6.07, 6.45) is 1.81. The molecule has 0 aliphatic heterocycles. The molecule has 3 rings (SSSR count). The summed E-state index contributed by atoms with van der Waals surface area (Å²) in [5, 5.41) is 2.85. The van der Waals surface area contributed by atoms with Crippen molar-refractivity contribution in [1.29, 1.82) is 0 Å². The van der Waals surface area contributed by atoms with E-state index < -0.39 is 11.9 Å². The minimum absolute atomic E-state index is 0. The third-order valence-electron chi connectivity index (χ3n) is 4.65. The van der Waals surface area contributed by atoms with Crippen LogP contribution in [0.2, 0.25) is 0 Å². The lowest BCUT2D eigenvalue weighted by Crippen LogP contribution is -2.25. The predicted octanol–water partition coefficient (Wildman–Crippen LogP) is 5.01. The van der Waals surface area contributed by atoms with Crippen molar-refractivity contribution in [1.82, 2.24) is 5.32 Å². The third-order valence-corrected chi connectivity index (χ3v) is 4.65. The van der Waals surface area contributed by atoms with Crippen LogP contribution in [-0.2, 0) is 11.2 Å². The topological polar surface area (TPSA) is 81.7 Å². The zero-order chi connectivity index (χ0) is 22.8. The van der Waals surface area contributed by atoms with Gasteiger partial charge >= 0.3 is 11.9 Å². The van der Waals surface area contributed by atoms with E-state index in [2.05, 4.69) is 5.32 Å². The number of nitrogens with one attached hydrogen (secondary N) is 1. The number of benzene rings is 3. The fraction of sp³-hybridized carbons (Fsp3) is 0.192. The van der Waals surface area contributed by atoms with Crippen LogP contribution in [0, 0.1) is 0 Å². The van der Waals surface area contributed by atoms with E-state index in [1.807, 2.05) is 6.92 Å². The Morgan fingerprint density at radius 2 is 1.30 bits per heavy atom. The summed E-state index contributed by atoms with van der Waals surface area (Å²) in [4.78, 5) is 36.8. The molecule has 6 nitrogen and oxygen atoms in total. The van der Waals surface area contributed by atoms with Gasteiger partial charge in [-0.1, -0.05) is 49.4 Å². The monoisotopic (exact) mass is 467 g/mol. The van der Waals surface area contributed by atoms with Crippen molar-refractivity contribution in [3.8, 4) is 11.5 Å². The molecule has 1 amide bonds. The maximum atomic E-state index is 12.6. The molecular weight excluding hydrogens is 442 g/mol. The van der Waals surface area contributed by atoms with Crippen molar-refractivity contribution in [2.24, 2.45) is 0 Å². The van der Waals surface area contributed by atoms with E-state index in [1.54, 1.807) is 78.9 Å². The predicted molar refractivity (Wildman–Crippen MR) is 128 cm³/mol. The highest BCUT2D eigenvalue weighted by atomic mass is 35.5. The zero-order valence-electron chi connectivity index (χ0n) is 18.3. The summed E-state index contributed by atoms with van der Waals surface area (Å²) in [7, 11) is 0. The van der Waals surface area contributed by atoms with Gasteiger partial charge in [-0.15, -0.1) is 12.4 Å². The Hall–Kier alpha value is -3.64. The van der Waals surface area contributed by atoms with Crippen molar-refractivity contribution in [3.63, 3.8) is 0 Å². The van der Waals surface area contributed by atoms with Gasteiger partial charge in [-0.3, -0.25) is 4.79 Å². The zero-order valence-corrected chi connectivity index (χ0v) is 19.1. The maximum Gasteiger partial charge on any atom is 0.343 e. The number of ether oxygens (including phenoxy) is 2. The molecule has 0 aliphatic carbocycles. The van der Waals surface area contributed by atoms with Gasteiger partial charge in [0.2, 0.25) is 5.91 Å². The summed E-state index contributed by atoms with van der Waals surface area (Å²) in [5.74, 6) is -0.836. The number of hydrogen-bond acceptors (Lipinski definition) is 5. The van der Waals surface area contributed by atoms with Gasteiger partial charge in [0.25, 0.3) is 0 Å². The van der Waals surface area contributed by atoms with Gasteiger partial charge in [0.05, 0.1) is 11.1 Å². The fourth-order valence-electron chi connectivity index (χ4n) is 3.00. The lowest BCUT2D eigenvalue weighted by molar-refractivity contribution is -0.121. The molecule has 0 saturated carbocycles. The minimum Gasteiger partial charge on any atom is -0.419 e. The van der Waals surface area contributed by atoms with Crippen molar-refractivity contribution >= 4 is 30.3 Å². The Bertz CT molecular complexity index is 1070. The van der Waals surface area contributed by atoms with Gasteiger partial charge < -0.3 is 14.8 Å². The molecule has 0 bridgehead atoms. The van der Waals surface area contributed by atoms with Crippen LogP contribution in [-0.4, -0.2) is 24.4 Å². The van der Waals surface area contributed by atoms with Crippen molar-refractivity contribution in [2.75, 3.05) is 6.54 Å². The van der Waals surface area contributed by atoms with Crippen molar-refractivity contribution < 1.29 is 23.9 Å². The number of carbonyl (C=O) groups excluding carboxylic acids is 3. The van der Waals surface area contributed by atoms with E-state index in [0.29, 0.717) is 30.5 Å². The molecule has 3 aromatic carbocycles. The maximum absolute atomic E-state index is 12.6. The Labute approximate surface area is 199 Å². The molecule has 0 spiro atoms. The molecule has 0 atom stereocenters. The second-order valence-electron chi connectivity index (χ2n) is 7.14. The van der Waals surface area contributed by atoms with Gasteiger partial charge in [0, 0.05) is 13.0 Å². The van der Waals surface area contributed by atoms with Gasteiger partial charge in [-0.25, -0.2) is 9.59 Å². The largest absolute Gasteiger partial charge is 0.419 e. The van der Waals surface area contributed by atoms with Crippen LogP contribution in [0.5, 0.6) is 11.5 Å². The Morgan fingerprint density at radius 1 is 0.758 bits per heavy atom. The van der Waals surface area contributed by atoms with Gasteiger partial charge in [-0.2, -0.15) is 0 Å². The Balaban J connectivity index is 0.00000385. The SMILES string of the molecule is CCCC(=O)NCCc1ccc(OC(=O)c2ccccc2)c(OC(=O)c2ccccc2)c1.Cl. The molecule has 0 radical (unpaired) electrons. The molecule has 0 aliphatic rings. The molecule has 0 unspecified atom stereocenters. The molecule has 33 heavy (non-hydrogen) atoms. The molecule has 3 aromatic rings. The van der Waals surface area contributed by atoms with Crippen molar-refractivity contribution in [2.45, 2.75) is 26.2 Å². The standard InChI is InChI=1S/C26H25NO5.ClH/c1-2-9-24(28)27-17-16-19-14-15-22(31-25(29)20-10-5-3-6-11-20)23(18-19)32-26(30)21-12-7-4-8-13-21;/h3-8,10-15,18H,2,9,16-17H2,1H3,(H,27,28);1H. The summed E-state index contributed by atoms with van der Waals surface area (Å²) >= 11 is 0. The van der Waals surface area contributed by atoms with Gasteiger partial charge in [-0.05, 0) is 54.8 Å². The first-order valence-corrected chi connectivity index (χ1v) is 10.5. The van der Waals surface area contributed by atoms with Crippen LogP contribution in [0.3, 0.4) is 0 Å². The summed E-state index contributed by atoms with van der Waals surface area (Å²) < 4.78 is 11.1. The van der Waals surface area contributed by atoms with E-state index in [9.17, 15) is 14.4 Å². The molecule has 0 heterocycles. The van der Waals surface area contributed by atoms with Crippen LogP contribution in [0.15, 0.2) is 78.9 Å². The highest BCUT2D eigenvalue weighted by molar-refractivity contribution is 5.93. The summed E-state index contributed by atoms with van der Waals surface area (Å²) in [6.45, 7) is 2.40. The smallest absolute Gasteiger partial charge is 0.343 e. The molecule has 0 aromatic heterocycles. The van der Waals surface area contributed by atoms with E-state index in [0.717, 1.165) is 12.0 Å². The highest BCUT2D eigenvalue weighted by Crippen LogP contribution is 2.30. The van der Waals surface area contributed by atoms with Crippen LogP contribution in [0.4, 0.5) is 0 Å². The van der Waals surface area contributed by atoms with Gasteiger partial charge in [0.15, 0.2) is 11.5 Å². The van der Waals surface area contributed by atoms with Crippen LogP contribution >= 0.6 is 12.4 Å². The first-order valence-electron chi connectivity index (χ1n) is 10.5. The molecule has 172 valence electrons. The molecular formula is C26H26ClNO5. The van der Waals surface area contributed by atoms with E-state index in [-0.39, 0.29) is 29.8 Å². The number of esters is 2. The lowest BCUT2D eigenvalue weighted by atomic mass is 10.1. The van der Waals surface area contributed by atoms with Crippen LogP contribution < -0.4 is 14.8 Å². The second kappa shape index (κ2) is 13.0. The average molecular weight is 468 g/mol. The molecule has 0 saturated heterocycles. The second-order valence-corrected chi connectivity index (χ2v) is 7.14. The van der Waals surface area contributed by atoms with E-state index in [4.69, 9.17) is 9.47 Å². The van der Waals surface area contributed by atoms with Crippen molar-refractivity contribution in [3.05, 3.63) is 95.6 Å². The van der Waals surface area contributed by atoms with Crippen LogP contribution in [0.1, 0.15) is 46.0 Å². The average Bonchev–Trinajstić information content (AvgIpc) is 2.82. The molecule has 0 fully saturated rings. The van der Waals surface area contributed by atoms with Crippen LogP contribution in [0.25, 0.3) is 0 Å². The summed E-state index contributed by atoms with van der Waals surface area (Å²) in [6, 6.07) is 22.2. The number of hydrogen-bond donors (Lipinski definition) is 1.